The van der Waals surface area contributed by atoms with Crippen LogP contribution in [0.2, 0.25) is 0 Å². The molecule has 2 rings (SSSR count). The highest BCUT2D eigenvalue weighted by atomic mass is 16.2. The van der Waals surface area contributed by atoms with E-state index in [9.17, 15) is 9.59 Å². The Morgan fingerprint density at radius 2 is 1.88 bits per heavy atom. The maximum absolute atomic E-state index is 12.1. The van der Waals surface area contributed by atoms with Crippen molar-refractivity contribution in [1.82, 2.24) is 4.90 Å². The third-order valence-corrected chi connectivity index (χ3v) is 2.95. The van der Waals surface area contributed by atoms with Gasteiger partial charge in [-0.2, -0.15) is 0 Å². The predicted molar refractivity (Wildman–Crippen MR) is 65.7 cm³/mol. The largest absolute Gasteiger partial charge is 0.334 e. The molecule has 17 heavy (non-hydrogen) atoms. The summed E-state index contributed by atoms with van der Waals surface area (Å²) in [5.41, 5.74) is 0.905. The first-order valence-corrected chi connectivity index (χ1v) is 5.79. The molecule has 1 saturated heterocycles. The lowest BCUT2D eigenvalue weighted by Crippen LogP contribution is -2.38. The van der Waals surface area contributed by atoms with E-state index >= 15 is 0 Å². The first-order valence-electron chi connectivity index (χ1n) is 5.79. The summed E-state index contributed by atoms with van der Waals surface area (Å²) in [4.78, 5) is 26.7. The van der Waals surface area contributed by atoms with Gasteiger partial charge in [-0.1, -0.05) is 18.2 Å². The monoisotopic (exact) mass is 232 g/mol. The second-order valence-electron chi connectivity index (χ2n) is 4.18. The highest BCUT2D eigenvalue weighted by Gasteiger charge is 2.23. The molecule has 1 aromatic carbocycles. The highest BCUT2D eigenvalue weighted by Crippen LogP contribution is 2.16. The summed E-state index contributed by atoms with van der Waals surface area (Å²) in [5, 5.41) is 0. The van der Waals surface area contributed by atoms with Crippen molar-refractivity contribution in [3.8, 4) is 0 Å². The molecular weight excluding hydrogens is 216 g/mol. The first kappa shape index (κ1) is 11.6. The molecule has 0 bridgehead atoms. The van der Waals surface area contributed by atoms with Gasteiger partial charge in [-0.25, -0.2) is 0 Å². The molecule has 0 unspecified atom stereocenters. The second kappa shape index (κ2) is 4.99. The van der Waals surface area contributed by atoms with E-state index in [1.54, 1.807) is 9.80 Å². The van der Waals surface area contributed by atoms with Crippen LogP contribution in [0, 0.1) is 0 Å². The Balaban J connectivity index is 2.16. The molecule has 0 saturated carbocycles. The van der Waals surface area contributed by atoms with E-state index in [1.165, 1.54) is 6.92 Å². The third kappa shape index (κ3) is 2.64. The van der Waals surface area contributed by atoms with Crippen molar-refractivity contribution in [3.05, 3.63) is 30.3 Å². The van der Waals surface area contributed by atoms with Crippen LogP contribution in [0.15, 0.2) is 30.3 Å². The lowest BCUT2D eigenvalue weighted by Gasteiger charge is -2.21. The third-order valence-electron chi connectivity index (χ3n) is 2.95. The SMILES string of the molecule is CC(=O)N1CCCN(c2ccccc2)C(=O)C1. The van der Waals surface area contributed by atoms with Crippen LogP contribution in [0.25, 0.3) is 0 Å². The molecule has 0 radical (unpaired) electrons. The summed E-state index contributed by atoms with van der Waals surface area (Å²) in [7, 11) is 0. The number of hydrogen-bond acceptors (Lipinski definition) is 2. The lowest BCUT2D eigenvalue weighted by atomic mass is 10.2. The number of benzene rings is 1. The van der Waals surface area contributed by atoms with Crippen LogP contribution in [0.3, 0.4) is 0 Å². The van der Waals surface area contributed by atoms with Crippen LogP contribution in [0.5, 0.6) is 0 Å². The molecule has 0 aromatic heterocycles. The summed E-state index contributed by atoms with van der Waals surface area (Å²) in [5.74, 6) is -0.0443. The minimum absolute atomic E-state index is 0.0103. The van der Waals surface area contributed by atoms with Gasteiger partial charge < -0.3 is 9.80 Å². The Bertz CT molecular complexity index is 417. The summed E-state index contributed by atoms with van der Waals surface area (Å²) >= 11 is 0. The standard InChI is InChI=1S/C13H16N2O2/c1-11(16)14-8-5-9-15(13(17)10-14)12-6-3-2-4-7-12/h2-4,6-7H,5,8-10H2,1H3. The van der Waals surface area contributed by atoms with Gasteiger partial charge in [0.15, 0.2) is 0 Å². The van der Waals surface area contributed by atoms with Crippen molar-refractivity contribution < 1.29 is 9.59 Å². The Labute approximate surface area is 101 Å². The molecule has 4 nitrogen and oxygen atoms in total. The number of carbonyl (C=O) groups excluding carboxylic acids is 2. The van der Waals surface area contributed by atoms with E-state index in [1.807, 2.05) is 30.3 Å². The maximum Gasteiger partial charge on any atom is 0.246 e. The van der Waals surface area contributed by atoms with Gasteiger partial charge in [0, 0.05) is 25.7 Å². The average molecular weight is 232 g/mol. The van der Waals surface area contributed by atoms with E-state index in [2.05, 4.69) is 0 Å². The Morgan fingerprint density at radius 1 is 1.18 bits per heavy atom. The number of para-hydroxylation sites is 1. The fourth-order valence-electron chi connectivity index (χ4n) is 2.02. The minimum atomic E-state index is -0.0340. The Hall–Kier alpha value is -1.84. The number of anilines is 1. The first-order chi connectivity index (χ1) is 8.18. The van der Waals surface area contributed by atoms with E-state index in [-0.39, 0.29) is 18.4 Å². The summed E-state index contributed by atoms with van der Waals surface area (Å²) < 4.78 is 0. The zero-order valence-electron chi connectivity index (χ0n) is 9.93. The molecular formula is C13H16N2O2. The van der Waals surface area contributed by atoms with Crippen molar-refractivity contribution >= 4 is 17.5 Å². The molecule has 90 valence electrons. The van der Waals surface area contributed by atoms with Crippen LogP contribution in [-0.4, -0.2) is 36.3 Å². The molecule has 0 spiro atoms. The van der Waals surface area contributed by atoms with Gasteiger partial charge in [0.05, 0.1) is 0 Å². The molecule has 4 heteroatoms. The van der Waals surface area contributed by atoms with Gasteiger partial charge in [-0.15, -0.1) is 0 Å². The van der Waals surface area contributed by atoms with E-state index in [4.69, 9.17) is 0 Å². The fourth-order valence-corrected chi connectivity index (χ4v) is 2.02. The van der Waals surface area contributed by atoms with Crippen molar-refractivity contribution in [2.45, 2.75) is 13.3 Å². The highest BCUT2D eigenvalue weighted by molar-refractivity contribution is 5.96. The number of nitrogens with zero attached hydrogens (tertiary/aromatic N) is 2. The van der Waals surface area contributed by atoms with E-state index < -0.39 is 0 Å². The zero-order valence-corrected chi connectivity index (χ0v) is 9.93. The van der Waals surface area contributed by atoms with Crippen LogP contribution in [-0.2, 0) is 9.59 Å². The molecule has 2 amide bonds. The smallest absolute Gasteiger partial charge is 0.246 e. The normalized spacial score (nSPS) is 16.9. The fraction of sp³-hybridized carbons (Fsp3) is 0.385. The van der Waals surface area contributed by atoms with Gasteiger partial charge in [-0.05, 0) is 18.6 Å². The summed E-state index contributed by atoms with van der Waals surface area (Å²) in [6.07, 6.45) is 0.820. The van der Waals surface area contributed by atoms with Crippen LogP contribution < -0.4 is 4.90 Å². The van der Waals surface area contributed by atoms with E-state index in [0.29, 0.717) is 13.1 Å². The van der Waals surface area contributed by atoms with Crippen molar-refractivity contribution in [1.29, 1.82) is 0 Å². The Kier molecular flexibility index (Phi) is 3.42. The van der Waals surface area contributed by atoms with Gasteiger partial charge in [0.25, 0.3) is 0 Å². The molecule has 1 fully saturated rings. The van der Waals surface area contributed by atoms with Gasteiger partial charge in [0.2, 0.25) is 11.8 Å². The topological polar surface area (TPSA) is 40.6 Å². The predicted octanol–water partition coefficient (Wildman–Crippen LogP) is 1.27. The summed E-state index contributed by atoms with van der Waals surface area (Å²) in [6, 6.07) is 9.59. The molecule has 0 atom stereocenters. The van der Waals surface area contributed by atoms with Gasteiger partial charge in [-0.3, -0.25) is 9.59 Å². The van der Waals surface area contributed by atoms with Gasteiger partial charge in [0.1, 0.15) is 6.54 Å². The molecule has 0 N–H and O–H groups in total. The van der Waals surface area contributed by atoms with Crippen LogP contribution in [0.4, 0.5) is 5.69 Å². The number of carbonyl (C=O) groups is 2. The lowest BCUT2D eigenvalue weighted by molar-refractivity contribution is -0.132. The second-order valence-corrected chi connectivity index (χ2v) is 4.18. The van der Waals surface area contributed by atoms with Gasteiger partial charge >= 0.3 is 0 Å². The van der Waals surface area contributed by atoms with Crippen molar-refractivity contribution in [2.24, 2.45) is 0 Å². The number of rotatable bonds is 1. The molecule has 1 aromatic rings. The molecule has 1 aliphatic rings. The van der Waals surface area contributed by atoms with Crippen LogP contribution >= 0.6 is 0 Å². The quantitative estimate of drug-likeness (QED) is 0.731. The van der Waals surface area contributed by atoms with Crippen molar-refractivity contribution in [3.63, 3.8) is 0 Å². The average Bonchev–Trinajstić information content (AvgIpc) is 2.52. The van der Waals surface area contributed by atoms with Crippen LogP contribution in [0.1, 0.15) is 13.3 Å². The van der Waals surface area contributed by atoms with E-state index in [0.717, 1.165) is 12.1 Å². The van der Waals surface area contributed by atoms with Crippen molar-refractivity contribution in [2.75, 3.05) is 24.5 Å². The zero-order chi connectivity index (χ0) is 12.3. The maximum atomic E-state index is 12.1. The molecule has 0 aliphatic carbocycles. The number of amides is 2. The molecule has 1 aliphatic heterocycles. The minimum Gasteiger partial charge on any atom is -0.334 e. The summed E-state index contributed by atoms with van der Waals surface area (Å²) in [6.45, 7) is 3.02. The Morgan fingerprint density at radius 3 is 2.53 bits per heavy atom. The number of hydrogen-bond donors (Lipinski definition) is 0. The molecule has 1 heterocycles.